The summed E-state index contributed by atoms with van der Waals surface area (Å²) in [6.45, 7) is 5.71. The predicted molar refractivity (Wildman–Crippen MR) is 109 cm³/mol. The lowest BCUT2D eigenvalue weighted by molar-refractivity contribution is 0.0941. The number of para-hydroxylation sites is 1. The van der Waals surface area contributed by atoms with Gasteiger partial charge in [0.05, 0.1) is 11.3 Å². The fourth-order valence-corrected chi connectivity index (χ4v) is 3.03. The molecule has 0 aliphatic carbocycles. The zero-order chi connectivity index (χ0) is 19.1. The Morgan fingerprint density at radius 3 is 2.42 bits per heavy atom. The Morgan fingerprint density at radius 1 is 1.00 bits per heavy atom. The largest absolute Gasteiger partial charge is 0.349 e. The molecule has 0 saturated carbocycles. The Labute approximate surface area is 162 Å². The average Bonchev–Trinajstić information content (AvgIpc) is 2.54. The van der Waals surface area contributed by atoms with Gasteiger partial charge in [0.15, 0.2) is 0 Å². The summed E-state index contributed by atoms with van der Waals surface area (Å²) < 4.78 is 1.01. The van der Waals surface area contributed by atoms with Crippen molar-refractivity contribution < 1.29 is 9.59 Å². The highest BCUT2D eigenvalue weighted by Gasteiger charge is 2.15. The van der Waals surface area contributed by atoms with Gasteiger partial charge in [0, 0.05) is 16.6 Å². The van der Waals surface area contributed by atoms with E-state index < -0.39 is 0 Å². The number of hydrogen-bond acceptors (Lipinski definition) is 2. The monoisotopic (exact) mass is 417 g/mol. The van der Waals surface area contributed by atoms with Crippen LogP contribution in [0.3, 0.4) is 0 Å². The fraction of sp³-hybridized carbons (Fsp3) is 0.300. The number of halogens is 1. The van der Waals surface area contributed by atoms with Gasteiger partial charge in [-0.3, -0.25) is 4.79 Å². The maximum Gasteiger partial charge on any atom is 0.319 e. The van der Waals surface area contributed by atoms with Gasteiger partial charge in [-0.15, -0.1) is 0 Å². The molecule has 0 heterocycles. The molecule has 1 atom stereocenters. The number of amides is 3. The topological polar surface area (TPSA) is 70.2 Å². The van der Waals surface area contributed by atoms with Crippen molar-refractivity contribution in [1.82, 2.24) is 10.6 Å². The van der Waals surface area contributed by atoms with Gasteiger partial charge in [0.1, 0.15) is 0 Å². The van der Waals surface area contributed by atoms with Crippen LogP contribution in [0.25, 0.3) is 0 Å². The number of carbonyl (C=O) groups is 2. The van der Waals surface area contributed by atoms with Crippen LogP contribution in [-0.2, 0) is 6.42 Å². The van der Waals surface area contributed by atoms with Crippen LogP contribution >= 0.6 is 15.9 Å². The van der Waals surface area contributed by atoms with Crippen LogP contribution in [-0.4, -0.2) is 24.0 Å². The number of nitrogens with one attached hydrogen (secondary N) is 3. The van der Waals surface area contributed by atoms with Crippen LogP contribution in [0.2, 0.25) is 0 Å². The third-order valence-electron chi connectivity index (χ3n) is 3.65. The predicted octanol–water partition coefficient (Wildman–Crippen LogP) is 4.34. The highest BCUT2D eigenvalue weighted by molar-refractivity contribution is 9.10. The van der Waals surface area contributed by atoms with Crippen molar-refractivity contribution in [2.24, 2.45) is 0 Å². The Morgan fingerprint density at radius 2 is 1.73 bits per heavy atom. The van der Waals surface area contributed by atoms with Gasteiger partial charge >= 0.3 is 6.03 Å². The van der Waals surface area contributed by atoms with Crippen LogP contribution in [0.15, 0.2) is 53.0 Å². The van der Waals surface area contributed by atoms with Crippen molar-refractivity contribution >= 4 is 33.6 Å². The molecule has 2 aromatic carbocycles. The molecule has 0 unspecified atom stereocenters. The third kappa shape index (κ3) is 6.19. The first kappa shape index (κ1) is 20.0. The maximum absolute atomic E-state index is 12.6. The van der Waals surface area contributed by atoms with Gasteiger partial charge in [-0.2, -0.15) is 0 Å². The van der Waals surface area contributed by atoms with E-state index in [1.807, 2.05) is 45.0 Å². The van der Waals surface area contributed by atoms with E-state index in [0.717, 1.165) is 10.0 Å². The molecule has 26 heavy (non-hydrogen) atoms. The Hall–Kier alpha value is -2.34. The van der Waals surface area contributed by atoms with E-state index in [1.54, 1.807) is 24.3 Å². The summed E-state index contributed by atoms with van der Waals surface area (Å²) in [6, 6.07) is 14.6. The SMILES string of the molecule is CC(C)NC(=O)Nc1ccccc1C(=O)N[C@@H](C)Cc1cccc(Br)c1. The summed E-state index contributed by atoms with van der Waals surface area (Å²) in [5, 5.41) is 8.48. The number of anilines is 1. The highest BCUT2D eigenvalue weighted by Crippen LogP contribution is 2.16. The second-order valence-corrected chi connectivity index (χ2v) is 7.42. The minimum Gasteiger partial charge on any atom is -0.349 e. The van der Waals surface area contributed by atoms with E-state index in [2.05, 4.69) is 31.9 Å². The van der Waals surface area contributed by atoms with Gasteiger partial charge in [-0.05, 0) is 57.0 Å². The van der Waals surface area contributed by atoms with Crippen LogP contribution in [0.4, 0.5) is 10.5 Å². The van der Waals surface area contributed by atoms with Gasteiger partial charge < -0.3 is 16.0 Å². The molecule has 2 aromatic rings. The molecule has 0 saturated heterocycles. The summed E-state index contributed by atoms with van der Waals surface area (Å²) in [5.74, 6) is -0.215. The first-order valence-electron chi connectivity index (χ1n) is 8.57. The van der Waals surface area contributed by atoms with E-state index in [0.29, 0.717) is 17.7 Å². The highest BCUT2D eigenvalue weighted by atomic mass is 79.9. The quantitative estimate of drug-likeness (QED) is 0.653. The van der Waals surface area contributed by atoms with Gasteiger partial charge in [0.2, 0.25) is 0 Å². The molecular formula is C20H24BrN3O2. The zero-order valence-electron chi connectivity index (χ0n) is 15.2. The molecular weight excluding hydrogens is 394 g/mol. The van der Waals surface area contributed by atoms with Crippen molar-refractivity contribution in [2.45, 2.75) is 39.3 Å². The lowest BCUT2D eigenvalue weighted by Gasteiger charge is -2.17. The second kappa shape index (κ2) is 9.38. The Bertz CT molecular complexity index is 777. The summed E-state index contributed by atoms with van der Waals surface area (Å²) in [5.41, 5.74) is 2.06. The van der Waals surface area contributed by atoms with Crippen molar-refractivity contribution in [3.05, 3.63) is 64.1 Å². The van der Waals surface area contributed by atoms with Crippen molar-refractivity contribution in [1.29, 1.82) is 0 Å². The van der Waals surface area contributed by atoms with Gasteiger partial charge in [0.25, 0.3) is 5.91 Å². The molecule has 0 aliphatic heterocycles. The molecule has 0 aliphatic rings. The molecule has 0 bridgehead atoms. The summed E-state index contributed by atoms with van der Waals surface area (Å²) in [4.78, 5) is 24.6. The second-order valence-electron chi connectivity index (χ2n) is 6.51. The van der Waals surface area contributed by atoms with Crippen LogP contribution in [0.5, 0.6) is 0 Å². The standard InChI is InChI=1S/C20H24BrN3O2/c1-13(2)22-20(26)24-18-10-5-4-9-17(18)19(25)23-14(3)11-15-7-6-8-16(21)12-15/h4-10,12-14H,11H2,1-3H3,(H,23,25)(H2,22,24,26)/t14-/m0/s1. The van der Waals surface area contributed by atoms with Crippen LogP contribution < -0.4 is 16.0 Å². The molecule has 0 radical (unpaired) electrons. The summed E-state index contributed by atoms with van der Waals surface area (Å²) in [6.07, 6.45) is 0.717. The van der Waals surface area contributed by atoms with E-state index in [4.69, 9.17) is 0 Å². The number of urea groups is 1. The third-order valence-corrected chi connectivity index (χ3v) is 4.14. The normalized spacial score (nSPS) is 11.7. The van der Waals surface area contributed by atoms with E-state index >= 15 is 0 Å². The summed E-state index contributed by atoms with van der Waals surface area (Å²) >= 11 is 3.46. The average molecular weight is 418 g/mol. The molecule has 3 N–H and O–H groups in total. The van der Waals surface area contributed by atoms with Crippen LogP contribution in [0, 0.1) is 0 Å². The maximum atomic E-state index is 12.6. The van der Waals surface area contributed by atoms with Gasteiger partial charge in [-0.1, -0.05) is 40.2 Å². The van der Waals surface area contributed by atoms with Crippen molar-refractivity contribution in [2.75, 3.05) is 5.32 Å². The fourth-order valence-electron chi connectivity index (χ4n) is 2.58. The van der Waals surface area contributed by atoms with Crippen molar-refractivity contribution in [3.63, 3.8) is 0 Å². The smallest absolute Gasteiger partial charge is 0.319 e. The molecule has 0 aromatic heterocycles. The number of hydrogen-bond donors (Lipinski definition) is 3. The Balaban J connectivity index is 2.03. The van der Waals surface area contributed by atoms with Crippen molar-refractivity contribution in [3.8, 4) is 0 Å². The number of carbonyl (C=O) groups excluding carboxylic acids is 2. The lowest BCUT2D eigenvalue weighted by Crippen LogP contribution is -2.36. The minimum atomic E-state index is -0.331. The number of rotatable bonds is 6. The lowest BCUT2D eigenvalue weighted by atomic mass is 10.1. The molecule has 3 amide bonds. The summed E-state index contributed by atoms with van der Waals surface area (Å²) in [7, 11) is 0. The Kier molecular flexibility index (Phi) is 7.21. The van der Waals surface area contributed by atoms with E-state index in [1.165, 1.54) is 0 Å². The molecule has 6 heteroatoms. The molecule has 0 fully saturated rings. The van der Waals surface area contributed by atoms with E-state index in [9.17, 15) is 9.59 Å². The first-order valence-corrected chi connectivity index (χ1v) is 9.36. The molecule has 5 nitrogen and oxygen atoms in total. The number of benzene rings is 2. The van der Waals surface area contributed by atoms with Gasteiger partial charge in [-0.25, -0.2) is 4.79 Å². The van der Waals surface area contributed by atoms with Crippen LogP contribution in [0.1, 0.15) is 36.7 Å². The first-order chi connectivity index (χ1) is 12.3. The molecule has 0 spiro atoms. The molecule has 2 rings (SSSR count). The van der Waals surface area contributed by atoms with E-state index in [-0.39, 0.29) is 24.0 Å². The zero-order valence-corrected chi connectivity index (χ0v) is 16.8. The molecule has 138 valence electrons. The minimum absolute atomic E-state index is 0.0150.